The number of para-hydroxylation sites is 1. The summed E-state index contributed by atoms with van der Waals surface area (Å²) in [5.41, 5.74) is 6.08. The molecule has 1 atom stereocenters. The summed E-state index contributed by atoms with van der Waals surface area (Å²) in [6.45, 7) is 0. The largest absolute Gasteiger partial charge is 0.367 e. The van der Waals surface area contributed by atoms with Crippen molar-refractivity contribution in [2.24, 2.45) is 5.73 Å². The van der Waals surface area contributed by atoms with Gasteiger partial charge in [-0.15, -0.1) is 0 Å². The molecule has 3 rings (SSSR count). The highest BCUT2D eigenvalue weighted by atomic mass is 16.2. The van der Waals surface area contributed by atoms with Crippen LogP contribution < -0.4 is 10.6 Å². The predicted octanol–water partition coefficient (Wildman–Crippen LogP) is 2.19. The van der Waals surface area contributed by atoms with Gasteiger partial charge in [-0.2, -0.15) is 0 Å². The first kappa shape index (κ1) is 13.4. The summed E-state index contributed by atoms with van der Waals surface area (Å²) in [5.74, 6) is -0.577. The van der Waals surface area contributed by atoms with Crippen molar-refractivity contribution in [3.63, 3.8) is 0 Å². The minimum Gasteiger partial charge on any atom is -0.367 e. The van der Waals surface area contributed by atoms with E-state index in [0.717, 1.165) is 5.56 Å². The molecule has 106 valence electrons. The van der Waals surface area contributed by atoms with Gasteiger partial charge in [-0.3, -0.25) is 14.5 Å². The van der Waals surface area contributed by atoms with Gasteiger partial charge in [-0.1, -0.05) is 48.5 Å². The molecule has 0 aliphatic carbocycles. The molecule has 21 heavy (non-hydrogen) atoms. The van der Waals surface area contributed by atoms with Crippen molar-refractivity contribution in [3.05, 3.63) is 66.2 Å². The molecule has 1 aliphatic rings. The van der Waals surface area contributed by atoms with E-state index in [-0.39, 0.29) is 5.91 Å². The monoisotopic (exact) mass is 280 g/mol. The Morgan fingerprint density at radius 2 is 1.57 bits per heavy atom. The van der Waals surface area contributed by atoms with Crippen LogP contribution in [0.1, 0.15) is 18.4 Å². The van der Waals surface area contributed by atoms with Crippen LogP contribution in [0.15, 0.2) is 60.7 Å². The SMILES string of the molecule is NC(=O)[C@]1(c2ccccc2)CCC(=O)N1c1ccccc1. The minimum absolute atomic E-state index is 0.0798. The highest BCUT2D eigenvalue weighted by Crippen LogP contribution is 2.42. The maximum atomic E-state index is 12.4. The van der Waals surface area contributed by atoms with Crippen LogP contribution in [0.4, 0.5) is 5.69 Å². The topological polar surface area (TPSA) is 63.4 Å². The smallest absolute Gasteiger partial charge is 0.248 e. The van der Waals surface area contributed by atoms with Crippen molar-refractivity contribution in [3.8, 4) is 0 Å². The average molecular weight is 280 g/mol. The second-order valence-corrected chi connectivity index (χ2v) is 5.16. The summed E-state index contributed by atoms with van der Waals surface area (Å²) >= 11 is 0. The van der Waals surface area contributed by atoms with Gasteiger partial charge in [0.25, 0.3) is 0 Å². The van der Waals surface area contributed by atoms with E-state index in [9.17, 15) is 9.59 Å². The molecule has 0 saturated carbocycles. The predicted molar refractivity (Wildman–Crippen MR) is 80.5 cm³/mol. The summed E-state index contributed by atoms with van der Waals surface area (Å²) in [6, 6.07) is 18.5. The first-order valence-corrected chi connectivity index (χ1v) is 6.90. The number of benzene rings is 2. The Bertz CT molecular complexity index is 670. The zero-order valence-electron chi connectivity index (χ0n) is 11.5. The van der Waals surface area contributed by atoms with Crippen molar-refractivity contribution in [2.45, 2.75) is 18.4 Å². The molecule has 0 spiro atoms. The van der Waals surface area contributed by atoms with E-state index >= 15 is 0 Å². The summed E-state index contributed by atoms with van der Waals surface area (Å²) < 4.78 is 0. The first-order chi connectivity index (χ1) is 10.2. The zero-order valence-corrected chi connectivity index (χ0v) is 11.5. The summed E-state index contributed by atoms with van der Waals surface area (Å²) in [7, 11) is 0. The molecule has 1 heterocycles. The molecule has 0 bridgehead atoms. The van der Waals surface area contributed by atoms with Gasteiger partial charge in [0, 0.05) is 12.1 Å². The number of nitrogens with zero attached hydrogens (tertiary/aromatic N) is 1. The maximum Gasteiger partial charge on any atom is 0.248 e. The van der Waals surface area contributed by atoms with Crippen LogP contribution in [0.2, 0.25) is 0 Å². The Balaban J connectivity index is 2.20. The summed E-state index contributed by atoms with van der Waals surface area (Å²) in [4.78, 5) is 26.2. The molecule has 2 aromatic carbocycles. The second kappa shape index (κ2) is 5.05. The summed E-state index contributed by atoms with van der Waals surface area (Å²) in [5, 5.41) is 0. The third kappa shape index (κ3) is 2.00. The van der Waals surface area contributed by atoms with E-state index in [4.69, 9.17) is 5.73 Å². The third-order valence-corrected chi connectivity index (χ3v) is 4.01. The maximum absolute atomic E-state index is 12.4. The lowest BCUT2D eigenvalue weighted by Gasteiger charge is -2.36. The lowest BCUT2D eigenvalue weighted by molar-refractivity contribution is -0.125. The standard InChI is InChI=1S/C17H16N2O2/c18-16(21)17(13-7-3-1-4-8-13)12-11-15(20)19(17)14-9-5-2-6-10-14/h1-10H,11-12H2,(H2,18,21)/t17-/m1/s1. The van der Waals surface area contributed by atoms with Gasteiger partial charge in [-0.25, -0.2) is 0 Å². The Kier molecular flexibility index (Phi) is 3.22. The van der Waals surface area contributed by atoms with Crippen molar-refractivity contribution in [1.29, 1.82) is 0 Å². The van der Waals surface area contributed by atoms with E-state index in [1.165, 1.54) is 0 Å². The lowest BCUT2D eigenvalue weighted by atomic mass is 9.86. The van der Waals surface area contributed by atoms with Crippen molar-refractivity contribution in [1.82, 2.24) is 0 Å². The van der Waals surface area contributed by atoms with Crippen LogP contribution in [-0.4, -0.2) is 11.8 Å². The van der Waals surface area contributed by atoms with Crippen LogP contribution in [-0.2, 0) is 15.1 Å². The second-order valence-electron chi connectivity index (χ2n) is 5.16. The molecule has 4 heteroatoms. The third-order valence-electron chi connectivity index (χ3n) is 4.01. The minimum atomic E-state index is -1.10. The van der Waals surface area contributed by atoms with Crippen LogP contribution in [0.5, 0.6) is 0 Å². The van der Waals surface area contributed by atoms with E-state index in [1.807, 2.05) is 60.7 Å². The molecule has 2 aromatic rings. The van der Waals surface area contributed by atoms with Crippen molar-refractivity contribution in [2.75, 3.05) is 4.90 Å². The number of carbonyl (C=O) groups is 2. The molecule has 0 radical (unpaired) electrons. The van der Waals surface area contributed by atoms with Gasteiger partial charge in [0.05, 0.1) is 0 Å². The van der Waals surface area contributed by atoms with E-state index in [0.29, 0.717) is 18.5 Å². The number of nitrogens with two attached hydrogens (primary N) is 1. The molecular formula is C17H16N2O2. The number of amides is 2. The molecule has 2 amide bonds. The fourth-order valence-corrected chi connectivity index (χ4v) is 3.03. The number of rotatable bonds is 3. The van der Waals surface area contributed by atoms with Crippen LogP contribution in [0, 0.1) is 0 Å². The molecule has 0 unspecified atom stereocenters. The van der Waals surface area contributed by atoms with E-state index in [2.05, 4.69) is 0 Å². The Hall–Kier alpha value is -2.62. The normalized spacial score (nSPS) is 21.5. The van der Waals surface area contributed by atoms with Gasteiger partial charge in [0.15, 0.2) is 5.54 Å². The fourth-order valence-electron chi connectivity index (χ4n) is 3.03. The van der Waals surface area contributed by atoms with E-state index in [1.54, 1.807) is 4.90 Å². The van der Waals surface area contributed by atoms with Gasteiger partial charge in [-0.05, 0) is 24.1 Å². The molecular weight excluding hydrogens is 264 g/mol. The van der Waals surface area contributed by atoms with Gasteiger partial charge < -0.3 is 5.73 Å². The molecule has 2 N–H and O–H groups in total. The Morgan fingerprint density at radius 3 is 2.14 bits per heavy atom. The van der Waals surface area contributed by atoms with Gasteiger partial charge in [0.2, 0.25) is 11.8 Å². The number of hydrogen-bond donors (Lipinski definition) is 1. The Labute approximate surface area is 123 Å². The number of hydrogen-bond acceptors (Lipinski definition) is 2. The van der Waals surface area contributed by atoms with E-state index < -0.39 is 11.4 Å². The molecule has 4 nitrogen and oxygen atoms in total. The number of primary amides is 1. The van der Waals surface area contributed by atoms with Crippen LogP contribution in [0.25, 0.3) is 0 Å². The molecule has 1 aliphatic heterocycles. The number of carbonyl (C=O) groups excluding carboxylic acids is 2. The van der Waals surface area contributed by atoms with Crippen molar-refractivity contribution < 1.29 is 9.59 Å². The fraction of sp³-hybridized carbons (Fsp3) is 0.176. The number of anilines is 1. The van der Waals surface area contributed by atoms with Crippen molar-refractivity contribution >= 4 is 17.5 Å². The van der Waals surface area contributed by atoms with Gasteiger partial charge >= 0.3 is 0 Å². The zero-order chi connectivity index (χ0) is 14.9. The lowest BCUT2D eigenvalue weighted by Crippen LogP contribution is -2.52. The van der Waals surface area contributed by atoms with Gasteiger partial charge in [0.1, 0.15) is 0 Å². The average Bonchev–Trinajstić information content (AvgIpc) is 2.87. The highest BCUT2D eigenvalue weighted by molar-refractivity contribution is 6.06. The van der Waals surface area contributed by atoms with Crippen LogP contribution in [0.3, 0.4) is 0 Å². The highest BCUT2D eigenvalue weighted by Gasteiger charge is 2.51. The molecule has 1 saturated heterocycles. The quantitative estimate of drug-likeness (QED) is 0.936. The van der Waals surface area contributed by atoms with Crippen LogP contribution >= 0.6 is 0 Å². The Morgan fingerprint density at radius 1 is 1.00 bits per heavy atom. The molecule has 0 aromatic heterocycles. The molecule has 1 fully saturated rings. The first-order valence-electron chi connectivity index (χ1n) is 6.90. The summed E-state index contributed by atoms with van der Waals surface area (Å²) in [6.07, 6.45) is 0.715.